The smallest absolute Gasteiger partial charge is 0.317 e. The van der Waals surface area contributed by atoms with E-state index in [1.807, 2.05) is 23.1 Å². The Morgan fingerprint density at radius 1 is 1.26 bits per heavy atom. The fourth-order valence-corrected chi connectivity index (χ4v) is 3.82. The first kappa shape index (κ1) is 14.6. The highest BCUT2D eigenvalue weighted by Crippen LogP contribution is 2.28. The van der Waals surface area contributed by atoms with Crippen molar-refractivity contribution in [2.75, 3.05) is 31.1 Å². The van der Waals surface area contributed by atoms with Gasteiger partial charge in [0.1, 0.15) is 11.0 Å². The molecule has 6 heteroatoms. The Morgan fingerprint density at radius 3 is 2.96 bits per heavy atom. The molecule has 0 bridgehead atoms. The number of rotatable bonds is 2. The molecule has 5 nitrogen and oxygen atoms in total. The summed E-state index contributed by atoms with van der Waals surface area (Å²) < 4.78 is 0. The van der Waals surface area contributed by atoms with Crippen LogP contribution in [0.5, 0.6) is 0 Å². The van der Waals surface area contributed by atoms with Crippen LogP contribution in [-0.2, 0) is 0 Å². The number of hydrogen-bond acceptors (Lipinski definition) is 3. The van der Waals surface area contributed by atoms with Crippen LogP contribution in [-0.4, -0.2) is 48.1 Å². The third-order valence-corrected chi connectivity index (χ3v) is 5.02. The van der Waals surface area contributed by atoms with Crippen molar-refractivity contribution < 1.29 is 4.79 Å². The standard InChI is InChI=1S/C17H19ClN4O/c18-16-14-6-2-1-4-12(14)10-15(20-16)21-8-3-5-13(11-21)22-9-7-19-17(22)23/h1-2,4,6,10,13H,3,5,7-9,11H2,(H,19,23). The number of halogens is 1. The lowest BCUT2D eigenvalue weighted by molar-refractivity contribution is 0.189. The topological polar surface area (TPSA) is 48.5 Å². The Labute approximate surface area is 140 Å². The number of piperidine rings is 1. The third kappa shape index (κ3) is 2.70. The first-order valence-electron chi connectivity index (χ1n) is 8.07. The maximum absolute atomic E-state index is 11.9. The van der Waals surface area contributed by atoms with E-state index < -0.39 is 0 Å². The van der Waals surface area contributed by atoms with Crippen molar-refractivity contribution in [3.05, 3.63) is 35.5 Å². The van der Waals surface area contributed by atoms with Crippen molar-refractivity contribution in [1.29, 1.82) is 0 Å². The van der Waals surface area contributed by atoms with Gasteiger partial charge in [-0.25, -0.2) is 9.78 Å². The summed E-state index contributed by atoms with van der Waals surface area (Å²) in [7, 11) is 0. The van der Waals surface area contributed by atoms with Crippen LogP contribution >= 0.6 is 11.6 Å². The van der Waals surface area contributed by atoms with Crippen molar-refractivity contribution in [2.45, 2.75) is 18.9 Å². The molecule has 2 saturated heterocycles. The Bertz CT molecular complexity index is 750. The lowest BCUT2D eigenvalue weighted by Crippen LogP contribution is -2.49. The first-order valence-corrected chi connectivity index (χ1v) is 8.45. The van der Waals surface area contributed by atoms with Crippen molar-refractivity contribution in [3.8, 4) is 0 Å². The lowest BCUT2D eigenvalue weighted by atomic mass is 10.0. The molecule has 23 heavy (non-hydrogen) atoms. The number of carbonyl (C=O) groups is 1. The van der Waals surface area contributed by atoms with Crippen LogP contribution in [0.25, 0.3) is 10.8 Å². The van der Waals surface area contributed by atoms with Gasteiger partial charge in [-0.3, -0.25) is 0 Å². The molecular formula is C17H19ClN4O. The fourth-order valence-electron chi connectivity index (χ4n) is 3.56. The minimum Gasteiger partial charge on any atom is -0.354 e. The van der Waals surface area contributed by atoms with E-state index in [1.54, 1.807) is 0 Å². The number of hydrogen-bond donors (Lipinski definition) is 1. The molecule has 2 aliphatic heterocycles. The molecule has 0 radical (unpaired) electrons. The lowest BCUT2D eigenvalue weighted by Gasteiger charge is -2.37. The minimum atomic E-state index is 0.0568. The number of pyridine rings is 1. The van der Waals surface area contributed by atoms with E-state index in [-0.39, 0.29) is 12.1 Å². The summed E-state index contributed by atoms with van der Waals surface area (Å²) in [4.78, 5) is 20.7. The van der Waals surface area contributed by atoms with Gasteiger partial charge >= 0.3 is 6.03 Å². The van der Waals surface area contributed by atoms with E-state index in [2.05, 4.69) is 27.3 Å². The molecule has 1 N–H and O–H groups in total. The summed E-state index contributed by atoms with van der Waals surface area (Å²) in [5.41, 5.74) is 0. The van der Waals surface area contributed by atoms with Crippen molar-refractivity contribution in [1.82, 2.24) is 15.2 Å². The van der Waals surface area contributed by atoms with Gasteiger partial charge in [-0.1, -0.05) is 35.9 Å². The second-order valence-corrected chi connectivity index (χ2v) is 6.52. The van der Waals surface area contributed by atoms with Gasteiger partial charge in [0.05, 0.1) is 6.04 Å². The zero-order valence-corrected chi connectivity index (χ0v) is 13.6. The molecule has 1 atom stereocenters. The van der Waals surface area contributed by atoms with Crippen molar-refractivity contribution in [3.63, 3.8) is 0 Å². The van der Waals surface area contributed by atoms with Gasteiger partial charge in [0.15, 0.2) is 0 Å². The summed E-state index contributed by atoms with van der Waals surface area (Å²) in [5, 5.41) is 5.51. The molecule has 0 aliphatic carbocycles. The number of nitrogens with zero attached hydrogens (tertiary/aromatic N) is 3. The SMILES string of the molecule is O=C1NCCN1C1CCCN(c2cc3ccccc3c(Cl)n2)C1. The predicted molar refractivity (Wildman–Crippen MR) is 92.1 cm³/mol. The van der Waals surface area contributed by atoms with Gasteiger partial charge in [-0.15, -0.1) is 0 Å². The van der Waals surface area contributed by atoms with Crippen molar-refractivity contribution in [2.24, 2.45) is 0 Å². The van der Waals surface area contributed by atoms with Crippen LogP contribution in [0.2, 0.25) is 5.15 Å². The molecule has 4 rings (SSSR count). The highest BCUT2D eigenvalue weighted by atomic mass is 35.5. The molecule has 2 aliphatic rings. The Hall–Kier alpha value is -2.01. The molecule has 3 heterocycles. The maximum atomic E-state index is 11.9. The average Bonchev–Trinajstić information content (AvgIpc) is 3.01. The molecule has 1 aromatic heterocycles. The first-order chi connectivity index (χ1) is 11.2. The molecular weight excluding hydrogens is 312 g/mol. The summed E-state index contributed by atoms with van der Waals surface area (Å²) in [6.45, 7) is 3.31. The molecule has 1 aromatic carbocycles. The van der Waals surface area contributed by atoms with Crippen LogP contribution in [0.15, 0.2) is 30.3 Å². The van der Waals surface area contributed by atoms with E-state index in [0.717, 1.165) is 55.6 Å². The Morgan fingerprint density at radius 2 is 2.13 bits per heavy atom. The molecule has 2 amide bonds. The molecule has 1 unspecified atom stereocenters. The quantitative estimate of drug-likeness (QED) is 0.861. The largest absolute Gasteiger partial charge is 0.354 e. The van der Waals surface area contributed by atoms with E-state index in [4.69, 9.17) is 11.6 Å². The van der Waals surface area contributed by atoms with Crippen LogP contribution in [0.1, 0.15) is 12.8 Å². The number of aromatic nitrogens is 1. The van der Waals surface area contributed by atoms with Gasteiger partial charge in [0, 0.05) is 31.6 Å². The van der Waals surface area contributed by atoms with Crippen LogP contribution in [0.3, 0.4) is 0 Å². The van der Waals surface area contributed by atoms with E-state index in [1.165, 1.54) is 0 Å². The Balaban J connectivity index is 1.61. The maximum Gasteiger partial charge on any atom is 0.317 e. The molecule has 2 fully saturated rings. The van der Waals surface area contributed by atoms with Crippen molar-refractivity contribution >= 4 is 34.2 Å². The number of anilines is 1. The minimum absolute atomic E-state index is 0.0568. The number of fused-ring (bicyclic) bond motifs is 1. The summed E-state index contributed by atoms with van der Waals surface area (Å²) in [5.74, 6) is 0.901. The third-order valence-electron chi connectivity index (χ3n) is 4.73. The summed E-state index contributed by atoms with van der Waals surface area (Å²) in [6, 6.07) is 10.4. The van der Waals surface area contributed by atoms with Gasteiger partial charge in [-0.05, 0) is 24.3 Å². The second kappa shape index (κ2) is 5.89. The molecule has 0 saturated carbocycles. The Kier molecular flexibility index (Phi) is 3.73. The number of urea groups is 1. The number of nitrogens with one attached hydrogen (secondary N) is 1. The van der Waals surface area contributed by atoms with E-state index in [9.17, 15) is 4.79 Å². The second-order valence-electron chi connectivity index (χ2n) is 6.16. The average molecular weight is 331 g/mol. The van der Waals surface area contributed by atoms with Gasteiger partial charge in [0.25, 0.3) is 0 Å². The van der Waals surface area contributed by atoms with E-state index >= 15 is 0 Å². The summed E-state index contributed by atoms with van der Waals surface area (Å²) >= 11 is 6.36. The highest BCUT2D eigenvalue weighted by Gasteiger charge is 2.31. The number of carbonyl (C=O) groups excluding carboxylic acids is 1. The molecule has 120 valence electrons. The number of benzene rings is 1. The monoisotopic (exact) mass is 330 g/mol. The molecule has 0 spiro atoms. The normalized spacial score (nSPS) is 21.8. The van der Waals surface area contributed by atoms with Gasteiger partial charge in [0.2, 0.25) is 0 Å². The van der Waals surface area contributed by atoms with Gasteiger partial charge < -0.3 is 15.1 Å². The van der Waals surface area contributed by atoms with Crippen LogP contribution < -0.4 is 10.2 Å². The van der Waals surface area contributed by atoms with Crippen LogP contribution in [0.4, 0.5) is 10.6 Å². The fraction of sp³-hybridized carbons (Fsp3) is 0.412. The van der Waals surface area contributed by atoms with Gasteiger partial charge in [-0.2, -0.15) is 0 Å². The van der Waals surface area contributed by atoms with E-state index in [0.29, 0.717) is 5.15 Å². The predicted octanol–water partition coefficient (Wildman–Crippen LogP) is 2.88. The van der Waals surface area contributed by atoms with Crippen LogP contribution in [0, 0.1) is 0 Å². The summed E-state index contributed by atoms with van der Waals surface area (Å²) in [6.07, 6.45) is 2.10. The zero-order valence-electron chi connectivity index (χ0n) is 12.8. The highest BCUT2D eigenvalue weighted by molar-refractivity contribution is 6.34. The number of amides is 2. The molecule has 2 aromatic rings. The zero-order chi connectivity index (χ0) is 15.8.